The van der Waals surface area contributed by atoms with Gasteiger partial charge < -0.3 is 15.5 Å². The number of sulfone groups is 1. The summed E-state index contributed by atoms with van der Waals surface area (Å²) >= 11 is 0. The fourth-order valence-corrected chi connectivity index (χ4v) is 3.11. The molecule has 0 radical (unpaired) electrons. The molecule has 0 heterocycles. The van der Waals surface area contributed by atoms with Crippen LogP contribution in [0.2, 0.25) is 0 Å². The van der Waals surface area contributed by atoms with Crippen LogP contribution in [0.1, 0.15) is 5.56 Å². The molecule has 0 saturated carbocycles. The average Bonchev–Trinajstić information content (AvgIpc) is 2.43. The number of benzene rings is 1. The maximum Gasteiger partial charge on any atom is 0.179 e. The van der Waals surface area contributed by atoms with Crippen LogP contribution in [0, 0.1) is 5.41 Å². The Kier molecular flexibility index (Phi) is 6.32. The van der Waals surface area contributed by atoms with Gasteiger partial charge in [-0.25, -0.2) is 8.42 Å². The van der Waals surface area contributed by atoms with Crippen LogP contribution in [0.3, 0.4) is 0 Å². The van der Waals surface area contributed by atoms with Crippen molar-refractivity contribution in [2.24, 2.45) is 5.73 Å². The average molecular weight is 312 g/mol. The number of likely N-dealkylation sites (N-methyl/N-ethyl adjacent to an activating group) is 2. The van der Waals surface area contributed by atoms with Gasteiger partial charge in [-0.2, -0.15) is 0 Å². The molecule has 6 nitrogen and oxygen atoms in total. The molecule has 0 amide bonds. The van der Waals surface area contributed by atoms with Crippen molar-refractivity contribution in [1.29, 1.82) is 5.41 Å². The molecule has 1 aromatic rings. The Labute approximate surface area is 127 Å². The summed E-state index contributed by atoms with van der Waals surface area (Å²) in [5.41, 5.74) is 5.82. The van der Waals surface area contributed by atoms with Gasteiger partial charge in [0.25, 0.3) is 0 Å². The van der Waals surface area contributed by atoms with E-state index in [2.05, 4.69) is 4.90 Å². The maximum absolute atomic E-state index is 12.3. The maximum atomic E-state index is 12.3. The summed E-state index contributed by atoms with van der Waals surface area (Å²) in [6.45, 7) is 2.17. The van der Waals surface area contributed by atoms with E-state index in [1.165, 1.54) is 6.07 Å². The molecule has 0 aliphatic rings. The van der Waals surface area contributed by atoms with Crippen molar-refractivity contribution in [3.63, 3.8) is 0 Å². The number of rotatable bonds is 8. The zero-order valence-electron chi connectivity index (χ0n) is 12.8. The number of hydrogen-bond acceptors (Lipinski definition) is 5. The van der Waals surface area contributed by atoms with Crippen molar-refractivity contribution in [3.8, 4) is 0 Å². The Morgan fingerprint density at radius 2 is 1.86 bits per heavy atom. The molecule has 3 N–H and O–H groups in total. The Balaban J connectivity index is 2.69. The molecule has 21 heavy (non-hydrogen) atoms. The van der Waals surface area contributed by atoms with Gasteiger partial charge in [-0.05, 0) is 33.3 Å². The van der Waals surface area contributed by atoms with Gasteiger partial charge in [0.2, 0.25) is 0 Å². The Hall–Kier alpha value is -1.44. The highest BCUT2D eigenvalue weighted by molar-refractivity contribution is 7.91. The summed E-state index contributed by atoms with van der Waals surface area (Å²) in [4.78, 5) is 4.27. The standard InChI is InChI=1S/C14H24N4O2S/c1-17(2)7-8-18(3)9-10-21(19,20)13-6-4-5-12(11-13)14(15)16/h4-6,11H,7-10H2,1-3H3,(H3,15,16). The first kappa shape index (κ1) is 17.6. The molecule has 0 saturated heterocycles. The third-order valence-electron chi connectivity index (χ3n) is 3.17. The Morgan fingerprint density at radius 1 is 1.19 bits per heavy atom. The van der Waals surface area contributed by atoms with Gasteiger partial charge in [-0.3, -0.25) is 5.41 Å². The minimum absolute atomic E-state index is 0.0539. The van der Waals surface area contributed by atoms with Crippen molar-refractivity contribution in [1.82, 2.24) is 9.80 Å². The van der Waals surface area contributed by atoms with Gasteiger partial charge in [0.1, 0.15) is 5.84 Å². The first-order valence-corrected chi connectivity index (χ1v) is 8.38. The predicted molar refractivity (Wildman–Crippen MR) is 85.6 cm³/mol. The molecule has 0 fully saturated rings. The van der Waals surface area contributed by atoms with Crippen LogP contribution in [-0.2, 0) is 9.84 Å². The van der Waals surface area contributed by atoms with Crippen molar-refractivity contribution in [2.75, 3.05) is 46.5 Å². The molecule has 0 aliphatic carbocycles. The van der Waals surface area contributed by atoms with E-state index >= 15 is 0 Å². The highest BCUT2D eigenvalue weighted by Crippen LogP contribution is 2.13. The van der Waals surface area contributed by atoms with Crippen molar-refractivity contribution < 1.29 is 8.42 Å². The van der Waals surface area contributed by atoms with Crippen molar-refractivity contribution in [2.45, 2.75) is 4.90 Å². The molecular weight excluding hydrogens is 288 g/mol. The van der Waals surface area contributed by atoms with Crippen LogP contribution in [-0.4, -0.2) is 70.6 Å². The molecule has 1 rings (SSSR count). The van der Waals surface area contributed by atoms with Gasteiger partial charge >= 0.3 is 0 Å². The molecule has 0 unspecified atom stereocenters. The molecular formula is C14H24N4O2S. The van der Waals surface area contributed by atoms with Crippen molar-refractivity contribution >= 4 is 15.7 Å². The molecule has 0 aliphatic heterocycles. The molecule has 0 bridgehead atoms. The number of nitrogens with zero attached hydrogens (tertiary/aromatic N) is 2. The van der Waals surface area contributed by atoms with E-state index in [1.54, 1.807) is 18.2 Å². The normalized spacial score (nSPS) is 12.0. The SMILES string of the molecule is CN(C)CCN(C)CCS(=O)(=O)c1cccc(C(=N)N)c1. The smallest absolute Gasteiger partial charge is 0.179 e. The summed E-state index contributed by atoms with van der Waals surface area (Å²) in [5, 5.41) is 7.37. The molecule has 118 valence electrons. The van der Waals surface area contributed by atoms with Gasteiger partial charge in [-0.1, -0.05) is 12.1 Å². The van der Waals surface area contributed by atoms with Crippen molar-refractivity contribution in [3.05, 3.63) is 29.8 Å². The Morgan fingerprint density at radius 3 is 2.43 bits per heavy atom. The monoisotopic (exact) mass is 312 g/mol. The minimum atomic E-state index is -3.36. The topological polar surface area (TPSA) is 90.5 Å². The number of nitrogen functional groups attached to an aromatic ring is 1. The highest BCUT2D eigenvalue weighted by Gasteiger charge is 2.16. The van der Waals surface area contributed by atoms with Crippen LogP contribution in [0.4, 0.5) is 0 Å². The van der Waals surface area contributed by atoms with E-state index in [0.29, 0.717) is 12.1 Å². The minimum Gasteiger partial charge on any atom is -0.384 e. The zero-order valence-corrected chi connectivity index (χ0v) is 13.7. The third kappa shape index (κ3) is 5.82. The van der Waals surface area contributed by atoms with E-state index in [4.69, 9.17) is 11.1 Å². The molecule has 7 heteroatoms. The van der Waals surface area contributed by atoms with E-state index in [1.807, 2.05) is 26.0 Å². The largest absolute Gasteiger partial charge is 0.384 e. The fourth-order valence-electron chi connectivity index (χ4n) is 1.73. The predicted octanol–water partition coefficient (Wildman–Crippen LogP) is 0.238. The molecule has 0 aromatic heterocycles. The number of nitrogens with one attached hydrogen (secondary N) is 1. The number of nitrogens with two attached hydrogens (primary N) is 1. The Bertz CT molecular complexity index is 584. The van der Waals surface area contributed by atoms with Crippen LogP contribution < -0.4 is 5.73 Å². The second kappa shape index (κ2) is 7.53. The summed E-state index contributed by atoms with van der Waals surface area (Å²) in [7, 11) is 2.52. The van der Waals surface area contributed by atoms with E-state index in [9.17, 15) is 8.42 Å². The zero-order chi connectivity index (χ0) is 16.0. The number of amidine groups is 1. The summed E-state index contributed by atoms with van der Waals surface area (Å²) in [5.74, 6) is -0.0756. The second-order valence-corrected chi connectivity index (χ2v) is 7.48. The van der Waals surface area contributed by atoms with E-state index in [-0.39, 0.29) is 16.5 Å². The van der Waals surface area contributed by atoms with Crippen LogP contribution >= 0.6 is 0 Å². The lowest BCUT2D eigenvalue weighted by molar-refractivity contribution is 0.293. The number of hydrogen-bond donors (Lipinski definition) is 2. The van der Waals surface area contributed by atoms with Gasteiger partial charge in [0, 0.05) is 25.2 Å². The highest BCUT2D eigenvalue weighted by atomic mass is 32.2. The summed E-state index contributed by atoms with van der Waals surface area (Å²) < 4.78 is 24.6. The van der Waals surface area contributed by atoms with E-state index < -0.39 is 9.84 Å². The van der Waals surface area contributed by atoms with Gasteiger partial charge in [-0.15, -0.1) is 0 Å². The lowest BCUT2D eigenvalue weighted by atomic mass is 10.2. The van der Waals surface area contributed by atoms with Crippen LogP contribution in [0.15, 0.2) is 29.2 Å². The first-order valence-electron chi connectivity index (χ1n) is 6.73. The van der Waals surface area contributed by atoms with Crippen LogP contribution in [0.5, 0.6) is 0 Å². The lowest BCUT2D eigenvalue weighted by Crippen LogP contribution is -2.32. The quantitative estimate of drug-likeness (QED) is 0.530. The summed E-state index contributed by atoms with van der Waals surface area (Å²) in [6.07, 6.45) is 0. The van der Waals surface area contributed by atoms with E-state index in [0.717, 1.165) is 13.1 Å². The summed E-state index contributed by atoms with van der Waals surface area (Å²) in [6, 6.07) is 6.24. The second-order valence-electron chi connectivity index (χ2n) is 5.37. The first-order chi connectivity index (χ1) is 9.72. The van der Waals surface area contributed by atoms with Gasteiger partial charge in [0.15, 0.2) is 9.84 Å². The molecule has 0 atom stereocenters. The molecule has 1 aromatic carbocycles. The third-order valence-corrected chi connectivity index (χ3v) is 4.87. The van der Waals surface area contributed by atoms with Crippen LogP contribution in [0.25, 0.3) is 0 Å². The lowest BCUT2D eigenvalue weighted by Gasteiger charge is -2.19. The fraction of sp³-hybridized carbons (Fsp3) is 0.500. The van der Waals surface area contributed by atoms with Gasteiger partial charge in [0.05, 0.1) is 10.6 Å². The molecule has 0 spiro atoms.